The van der Waals surface area contributed by atoms with Gasteiger partial charge in [0.25, 0.3) is 0 Å². The number of nitrogens with zero attached hydrogens (tertiary/aromatic N) is 3. The molecule has 1 aliphatic rings. The number of hydrogen-bond acceptors (Lipinski definition) is 3. The highest BCUT2D eigenvalue weighted by molar-refractivity contribution is 5.82. The summed E-state index contributed by atoms with van der Waals surface area (Å²) in [7, 11) is 0. The number of nitrogens with two attached hydrogens (primary N) is 1. The fraction of sp³-hybridized carbons (Fsp3) is 0.545. The van der Waals surface area contributed by atoms with Gasteiger partial charge in [-0.25, -0.2) is 4.98 Å². The van der Waals surface area contributed by atoms with Crippen LogP contribution >= 0.6 is 0 Å². The van der Waals surface area contributed by atoms with E-state index in [0.717, 1.165) is 31.7 Å². The standard InChI is InChI=1S/C22H32N4O/c1-17(2)11-19-9-6-10-26(14-19)22(27)21(23)12-20-15-25(16-24-20)13-18-7-4-3-5-8-18/h3-5,7-8,15-17,19,21H,6,9-14,23H2,1-2H3/t19?,21-/m0/s1. The molecular formula is C22H32N4O. The van der Waals surface area contributed by atoms with E-state index in [1.807, 2.05) is 40.2 Å². The van der Waals surface area contributed by atoms with Crippen LogP contribution in [0.15, 0.2) is 42.9 Å². The second-order valence-corrected chi connectivity index (χ2v) is 8.26. The molecule has 1 aliphatic heterocycles. The van der Waals surface area contributed by atoms with Gasteiger partial charge in [0.1, 0.15) is 0 Å². The number of rotatable bonds is 7. The van der Waals surface area contributed by atoms with Crippen molar-refractivity contribution >= 4 is 5.91 Å². The summed E-state index contributed by atoms with van der Waals surface area (Å²) in [5.74, 6) is 1.35. The summed E-state index contributed by atoms with van der Waals surface area (Å²) in [5, 5.41) is 0. The number of amides is 1. The van der Waals surface area contributed by atoms with Crippen LogP contribution < -0.4 is 5.73 Å². The highest BCUT2D eigenvalue weighted by Gasteiger charge is 2.27. The van der Waals surface area contributed by atoms with Crippen molar-refractivity contribution in [3.05, 3.63) is 54.1 Å². The molecule has 1 saturated heterocycles. The average molecular weight is 369 g/mol. The van der Waals surface area contributed by atoms with E-state index in [1.165, 1.54) is 18.4 Å². The van der Waals surface area contributed by atoms with Crippen LogP contribution in [0.2, 0.25) is 0 Å². The zero-order valence-electron chi connectivity index (χ0n) is 16.6. The third kappa shape index (κ3) is 5.67. The lowest BCUT2D eigenvalue weighted by molar-refractivity contribution is -0.134. The molecule has 0 bridgehead atoms. The van der Waals surface area contributed by atoms with Crippen molar-refractivity contribution < 1.29 is 4.79 Å². The van der Waals surface area contributed by atoms with Gasteiger partial charge in [-0.3, -0.25) is 4.79 Å². The van der Waals surface area contributed by atoms with Gasteiger partial charge >= 0.3 is 0 Å². The Labute approximate surface area is 162 Å². The van der Waals surface area contributed by atoms with E-state index in [0.29, 0.717) is 18.3 Å². The first kappa shape index (κ1) is 19.6. The summed E-state index contributed by atoms with van der Waals surface area (Å²) < 4.78 is 2.04. The monoisotopic (exact) mass is 368 g/mol. The molecule has 3 rings (SSSR count). The summed E-state index contributed by atoms with van der Waals surface area (Å²) in [6.45, 7) is 6.97. The number of likely N-dealkylation sites (tertiary alicyclic amines) is 1. The van der Waals surface area contributed by atoms with Gasteiger partial charge in [-0.1, -0.05) is 44.2 Å². The molecule has 5 heteroatoms. The van der Waals surface area contributed by atoms with Crippen molar-refractivity contribution in [3.8, 4) is 0 Å². The Morgan fingerprint density at radius 2 is 2.07 bits per heavy atom. The quantitative estimate of drug-likeness (QED) is 0.817. The van der Waals surface area contributed by atoms with E-state index in [4.69, 9.17) is 5.73 Å². The molecule has 2 heterocycles. The molecule has 5 nitrogen and oxygen atoms in total. The molecule has 0 spiro atoms. The summed E-state index contributed by atoms with van der Waals surface area (Å²) in [6, 6.07) is 9.76. The Balaban J connectivity index is 1.53. The minimum absolute atomic E-state index is 0.0704. The molecular weight excluding hydrogens is 336 g/mol. The summed E-state index contributed by atoms with van der Waals surface area (Å²) in [5.41, 5.74) is 8.35. The van der Waals surface area contributed by atoms with E-state index in [-0.39, 0.29) is 5.91 Å². The number of aromatic nitrogens is 2. The molecule has 146 valence electrons. The second kappa shape index (κ2) is 9.18. The first-order valence-corrected chi connectivity index (χ1v) is 10.1. The van der Waals surface area contributed by atoms with Crippen molar-refractivity contribution in [3.63, 3.8) is 0 Å². The molecule has 1 aromatic carbocycles. The molecule has 2 aromatic rings. The molecule has 0 radical (unpaired) electrons. The normalized spacial score (nSPS) is 18.7. The van der Waals surface area contributed by atoms with Gasteiger partial charge in [-0.2, -0.15) is 0 Å². The van der Waals surface area contributed by atoms with E-state index in [2.05, 4.69) is 31.0 Å². The number of hydrogen-bond donors (Lipinski definition) is 1. The molecule has 0 aliphatic carbocycles. The largest absolute Gasteiger partial charge is 0.341 e. The van der Waals surface area contributed by atoms with Gasteiger partial charge in [0.05, 0.1) is 18.1 Å². The highest BCUT2D eigenvalue weighted by atomic mass is 16.2. The van der Waals surface area contributed by atoms with E-state index in [1.54, 1.807) is 0 Å². The van der Waals surface area contributed by atoms with Gasteiger partial charge < -0.3 is 15.2 Å². The van der Waals surface area contributed by atoms with Crippen LogP contribution in [0.4, 0.5) is 0 Å². The van der Waals surface area contributed by atoms with Crippen LogP contribution in [0.25, 0.3) is 0 Å². The van der Waals surface area contributed by atoms with Crippen molar-refractivity contribution in [1.82, 2.24) is 14.5 Å². The van der Waals surface area contributed by atoms with Crippen molar-refractivity contribution in [2.24, 2.45) is 17.6 Å². The van der Waals surface area contributed by atoms with Gasteiger partial charge in [0.2, 0.25) is 5.91 Å². The Kier molecular flexibility index (Phi) is 6.67. The summed E-state index contributed by atoms with van der Waals surface area (Å²) in [4.78, 5) is 19.2. The van der Waals surface area contributed by atoms with Crippen molar-refractivity contribution in [2.75, 3.05) is 13.1 Å². The number of carbonyl (C=O) groups is 1. The van der Waals surface area contributed by atoms with Crippen LogP contribution in [-0.4, -0.2) is 39.5 Å². The molecule has 1 aromatic heterocycles. The third-order valence-electron chi connectivity index (χ3n) is 5.28. The van der Waals surface area contributed by atoms with E-state index >= 15 is 0 Å². The maximum atomic E-state index is 12.8. The average Bonchev–Trinajstić information content (AvgIpc) is 3.08. The van der Waals surface area contributed by atoms with Gasteiger partial charge in [0.15, 0.2) is 0 Å². The minimum Gasteiger partial charge on any atom is -0.341 e. The molecule has 1 amide bonds. The Morgan fingerprint density at radius 3 is 2.81 bits per heavy atom. The molecule has 0 saturated carbocycles. The van der Waals surface area contributed by atoms with Crippen molar-refractivity contribution in [2.45, 2.75) is 52.1 Å². The Hall–Kier alpha value is -2.14. The predicted molar refractivity (Wildman–Crippen MR) is 108 cm³/mol. The SMILES string of the molecule is CC(C)CC1CCCN(C(=O)[C@@H](N)Cc2cn(Cc3ccccc3)cn2)C1. The Bertz CT molecular complexity index is 725. The van der Waals surface area contributed by atoms with Crippen LogP contribution in [0.5, 0.6) is 0 Å². The third-order valence-corrected chi connectivity index (χ3v) is 5.28. The van der Waals surface area contributed by atoms with E-state index < -0.39 is 6.04 Å². The maximum Gasteiger partial charge on any atom is 0.239 e. The minimum atomic E-state index is -0.511. The summed E-state index contributed by atoms with van der Waals surface area (Å²) >= 11 is 0. The van der Waals surface area contributed by atoms with Crippen LogP contribution in [0.3, 0.4) is 0 Å². The lowest BCUT2D eigenvalue weighted by Gasteiger charge is -2.35. The summed E-state index contributed by atoms with van der Waals surface area (Å²) in [6.07, 6.45) is 7.80. The van der Waals surface area contributed by atoms with Crippen molar-refractivity contribution in [1.29, 1.82) is 0 Å². The second-order valence-electron chi connectivity index (χ2n) is 8.26. The molecule has 1 fully saturated rings. The number of carbonyl (C=O) groups excluding carboxylic acids is 1. The number of benzene rings is 1. The zero-order chi connectivity index (χ0) is 19.2. The van der Waals surface area contributed by atoms with Crippen LogP contribution in [0, 0.1) is 11.8 Å². The first-order chi connectivity index (χ1) is 13.0. The van der Waals surface area contributed by atoms with Crippen LogP contribution in [-0.2, 0) is 17.8 Å². The van der Waals surface area contributed by atoms with Gasteiger partial charge in [0, 0.05) is 32.3 Å². The fourth-order valence-corrected chi connectivity index (χ4v) is 4.06. The predicted octanol–water partition coefficient (Wildman–Crippen LogP) is 3.09. The highest BCUT2D eigenvalue weighted by Crippen LogP contribution is 2.23. The smallest absolute Gasteiger partial charge is 0.239 e. The molecule has 2 N–H and O–H groups in total. The number of imidazole rings is 1. The molecule has 1 unspecified atom stereocenters. The number of piperidine rings is 1. The lowest BCUT2D eigenvalue weighted by atomic mass is 9.89. The first-order valence-electron chi connectivity index (χ1n) is 10.1. The fourth-order valence-electron chi connectivity index (χ4n) is 4.06. The topological polar surface area (TPSA) is 64.2 Å². The van der Waals surface area contributed by atoms with E-state index in [9.17, 15) is 4.79 Å². The zero-order valence-corrected chi connectivity index (χ0v) is 16.6. The molecule has 27 heavy (non-hydrogen) atoms. The van der Waals surface area contributed by atoms with Crippen LogP contribution in [0.1, 0.15) is 44.4 Å². The molecule has 2 atom stereocenters. The van der Waals surface area contributed by atoms with Gasteiger partial charge in [-0.05, 0) is 36.7 Å². The van der Waals surface area contributed by atoms with Gasteiger partial charge in [-0.15, -0.1) is 0 Å². The maximum absolute atomic E-state index is 12.8. The lowest BCUT2D eigenvalue weighted by Crippen LogP contribution is -2.49. The Morgan fingerprint density at radius 1 is 1.30 bits per heavy atom.